The van der Waals surface area contributed by atoms with E-state index in [9.17, 15) is 0 Å². The predicted molar refractivity (Wildman–Crippen MR) is 99.2 cm³/mol. The Morgan fingerprint density at radius 2 is 2.12 bits per heavy atom. The van der Waals surface area contributed by atoms with Crippen molar-refractivity contribution in [2.75, 3.05) is 25.1 Å². The fraction of sp³-hybridized carbons (Fsp3) is 0.278. The molecule has 7 heteroatoms. The van der Waals surface area contributed by atoms with Gasteiger partial charge in [-0.05, 0) is 12.5 Å². The summed E-state index contributed by atoms with van der Waals surface area (Å²) in [6, 6.07) is 12.3. The molecular weight excluding hydrogens is 334 g/mol. The minimum absolute atomic E-state index is 0.104. The van der Waals surface area contributed by atoms with Crippen molar-refractivity contribution in [3.8, 4) is 10.4 Å². The van der Waals surface area contributed by atoms with Gasteiger partial charge in [0.1, 0.15) is 11.6 Å². The van der Waals surface area contributed by atoms with Gasteiger partial charge < -0.3 is 15.4 Å². The number of benzene rings is 1. The molecule has 2 aromatic heterocycles. The SMILES string of the molecule is Cc1nc(Nc2ncc(-c3ccccc3)s2)cc([C@@H]2COCCN2)n1. The highest BCUT2D eigenvalue weighted by atomic mass is 32.1. The average molecular weight is 353 g/mol. The Bertz CT molecular complexity index is 846. The smallest absolute Gasteiger partial charge is 0.188 e. The molecule has 0 aliphatic carbocycles. The molecule has 0 unspecified atom stereocenters. The lowest BCUT2D eigenvalue weighted by atomic mass is 10.2. The fourth-order valence-corrected chi connectivity index (χ4v) is 3.59. The number of hydrogen-bond donors (Lipinski definition) is 2. The summed E-state index contributed by atoms with van der Waals surface area (Å²) in [5, 5.41) is 7.54. The molecule has 1 aliphatic heterocycles. The molecule has 1 aliphatic rings. The Morgan fingerprint density at radius 3 is 2.92 bits per heavy atom. The third-order valence-corrected chi connectivity index (χ3v) is 4.90. The highest BCUT2D eigenvalue weighted by molar-refractivity contribution is 7.18. The average Bonchev–Trinajstić information content (AvgIpc) is 3.11. The summed E-state index contributed by atoms with van der Waals surface area (Å²) in [7, 11) is 0. The number of thiazole rings is 1. The second-order valence-corrected chi connectivity index (χ2v) is 6.86. The molecular formula is C18H19N5OS. The van der Waals surface area contributed by atoms with Crippen molar-refractivity contribution in [3.05, 3.63) is 54.1 Å². The van der Waals surface area contributed by atoms with E-state index in [0.717, 1.165) is 46.1 Å². The van der Waals surface area contributed by atoms with Crippen molar-refractivity contribution in [1.29, 1.82) is 0 Å². The van der Waals surface area contributed by atoms with Crippen molar-refractivity contribution >= 4 is 22.3 Å². The van der Waals surface area contributed by atoms with Gasteiger partial charge in [-0.3, -0.25) is 0 Å². The molecule has 0 amide bonds. The Kier molecular flexibility index (Phi) is 4.69. The first-order chi connectivity index (χ1) is 12.3. The van der Waals surface area contributed by atoms with Gasteiger partial charge >= 0.3 is 0 Å². The number of anilines is 2. The largest absolute Gasteiger partial charge is 0.378 e. The maximum absolute atomic E-state index is 5.53. The molecule has 1 atom stereocenters. The number of hydrogen-bond acceptors (Lipinski definition) is 7. The molecule has 0 spiro atoms. The van der Waals surface area contributed by atoms with Crippen LogP contribution in [-0.4, -0.2) is 34.7 Å². The van der Waals surface area contributed by atoms with Gasteiger partial charge in [-0.2, -0.15) is 0 Å². The van der Waals surface area contributed by atoms with Crippen LogP contribution in [0, 0.1) is 6.92 Å². The van der Waals surface area contributed by atoms with Crippen LogP contribution in [0.25, 0.3) is 10.4 Å². The molecule has 128 valence electrons. The number of morpholine rings is 1. The standard InChI is InChI=1S/C18H19N5OS/c1-12-21-14(15-11-24-8-7-19-15)9-17(22-12)23-18-20-10-16(25-18)13-5-3-2-4-6-13/h2-6,9-10,15,19H,7-8,11H2,1H3,(H,20,21,22,23)/t15-/m0/s1. The summed E-state index contributed by atoms with van der Waals surface area (Å²) >= 11 is 1.61. The zero-order chi connectivity index (χ0) is 17.1. The molecule has 3 heterocycles. The van der Waals surface area contributed by atoms with Gasteiger partial charge in [-0.25, -0.2) is 15.0 Å². The molecule has 25 heavy (non-hydrogen) atoms. The van der Waals surface area contributed by atoms with E-state index in [1.807, 2.05) is 37.4 Å². The highest BCUT2D eigenvalue weighted by Crippen LogP contribution is 2.30. The van der Waals surface area contributed by atoms with Crippen LogP contribution in [0.2, 0.25) is 0 Å². The third-order valence-electron chi connectivity index (χ3n) is 3.94. The second kappa shape index (κ2) is 7.26. The number of nitrogens with one attached hydrogen (secondary N) is 2. The van der Waals surface area contributed by atoms with Gasteiger partial charge in [-0.15, -0.1) is 0 Å². The van der Waals surface area contributed by atoms with Gasteiger partial charge in [0.2, 0.25) is 0 Å². The normalized spacial score (nSPS) is 17.4. The summed E-state index contributed by atoms with van der Waals surface area (Å²) in [4.78, 5) is 14.6. The van der Waals surface area contributed by atoms with E-state index in [1.54, 1.807) is 11.3 Å². The van der Waals surface area contributed by atoms with Crippen LogP contribution in [0.15, 0.2) is 42.6 Å². The number of ether oxygens (including phenoxy) is 1. The topological polar surface area (TPSA) is 72.0 Å². The van der Waals surface area contributed by atoms with Crippen molar-refractivity contribution in [2.24, 2.45) is 0 Å². The highest BCUT2D eigenvalue weighted by Gasteiger charge is 2.18. The van der Waals surface area contributed by atoms with Gasteiger partial charge in [0.15, 0.2) is 5.13 Å². The Labute approximate surface area is 150 Å². The molecule has 1 fully saturated rings. The summed E-state index contributed by atoms with van der Waals surface area (Å²) < 4.78 is 5.53. The quantitative estimate of drug-likeness (QED) is 0.750. The molecule has 0 radical (unpaired) electrons. The second-order valence-electron chi connectivity index (χ2n) is 5.83. The van der Waals surface area contributed by atoms with Crippen LogP contribution in [0.5, 0.6) is 0 Å². The lowest BCUT2D eigenvalue weighted by Gasteiger charge is -2.23. The van der Waals surface area contributed by atoms with E-state index in [-0.39, 0.29) is 6.04 Å². The maximum Gasteiger partial charge on any atom is 0.188 e. The van der Waals surface area contributed by atoms with Crippen molar-refractivity contribution in [1.82, 2.24) is 20.3 Å². The Morgan fingerprint density at radius 1 is 1.24 bits per heavy atom. The van der Waals surface area contributed by atoms with Gasteiger partial charge in [0.25, 0.3) is 0 Å². The summed E-state index contributed by atoms with van der Waals surface area (Å²) in [6.45, 7) is 4.11. The van der Waals surface area contributed by atoms with Crippen LogP contribution < -0.4 is 10.6 Å². The lowest BCUT2D eigenvalue weighted by Crippen LogP contribution is -2.35. The number of aryl methyl sites for hydroxylation is 1. The predicted octanol–water partition coefficient (Wildman–Crippen LogP) is 3.31. The molecule has 0 saturated carbocycles. The monoisotopic (exact) mass is 353 g/mol. The lowest BCUT2D eigenvalue weighted by molar-refractivity contribution is 0.0755. The van der Waals surface area contributed by atoms with Gasteiger partial charge in [-0.1, -0.05) is 41.7 Å². The Balaban J connectivity index is 1.54. The van der Waals surface area contributed by atoms with Crippen molar-refractivity contribution in [2.45, 2.75) is 13.0 Å². The van der Waals surface area contributed by atoms with Crippen molar-refractivity contribution in [3.63, 3.8) is 0 Å². The number of aromatic nitrogens is 3. The zero-order valence-electron chi connectivity index (χ0n) is 13.9. The van der Waals surface area contributed by atoms with Crippen LogP contribution >= 0.6 is 11.3 Å². The maximum atomic E-state index is 5.53. The van der Waals surface area contributed by atoms with E-state index in [0.29, 0.717) is 6.61 Å². The van der Waals surface area contributed by atoms with E-state index >= 15 is 0 Å². The molecule has 0 bridgehead atoms. The molecule has 1 aromatic carbocycles. The Hall–Kier alpha value is -2.35. The van der Waals surface area contributed by atoms with Crippen molar-refractivity contribution < 1.29 is 4.74 Å². The third kappa shape index (κ3) is 3.84. The van der Waals surface area contributed by atoms with E-state index in [4.69, 9.17) is 4.74 Å². The minimum atomic E-state index is 0.104. The number of rotatable bonds is 4. The van der Waals surface area contributed by atoms with Crippen LogP contribution in [0.1, 0.15) is 17.6 Å². The van der Waals surface area contributed by atoms with Crippen LogP contribution in [0.4, 0.5) is 10.9 Å². The van der Waals surface area contributed by atoms with Gasteiger partial charge in [0.05, 0.1) is 29.8 Å². The first-order valence-corrected chi connectivity index (χ1v) is 9.04. The summed E-state index contributed by atoms with van der Waals surface area (Å²) in [5.41, 5.74) is 2.10. The van der Waals surface area contributed by atoms with E-state index in [2.05, 4.69) is 37.7 Å². The van der Waals surface area contributed by atoms with Gasteiger partial charge in [0, 0.05) is 18.8 Å². The molecule has 1 saturated heterocycles. The summed E-state index contributed by atoms with van der Waals surface area (Å²) in [6.07, 6.45) is 1.88. The summed E-state index contributed by atoms with van der Waals surface area (Å²) in [5.74, 6) is 1.48. The van der Waals surface area contributed by atoms with E-state index < -0.39 is 0 Å². The molecule has 3 aromatic rings. The molecule has 4 rings (SSSR count). The number of nitrogens with zero attached hydrogens (tertiary/aromatic N) is 3. The minimum Gasteiger partial charge on any atom is -0.378 e. The van der Waals surface area contributed by atoms with E-state index in [1.165, 1.54) is 0 Å². The molecule has 2 N–H and O–H groups in total. The fourth-order valence-electron chi connectivity index (χ4n) is 2.77. The first-order valence-electron chi connectivity index (χ1n) is 8.23. The van der Waals surface area contributed by atoms with Crippen LogP contribution in [0.3, 0.4) is 0 Å². The van der Waals surface area contributed by atoms with Crippen LogP contribution in [-0.2, 0) is 4.74 Å². The zero-order valence-corrected chi connectivity index (χ0v) is 14.7. The first kappa shape index (κ1) is 16.1. The molecule has 6 nitrogen and oxygen atoms in total.